The maximum absolute atomic E-state index is 12.9. The lowest BCUT2D eigenvalue weighted by Gasteiger charge is -2.15. The highest BCUT2D eigenvalue weighted by atomic mass is 19.4. The summed E-state index contributed by atoms with van der Waals surface area (Å²) in [4.78, 5) is 3.74. The molecule has 2 aromatic rings. The number of hydrogen-bond acceptors (Lipinski definition) is 3. The van der Waals surface area contributed by atoms with Crippen LogP contribution in [0.4, 0.5) is 18.9 Å². The molecule has 0 fully saturated rings. The standard InChI is InChI=1S/C13H13F3N2O/c1-7-10(17)9-5-3-4-8(6-19-2)11(9)18-12(7)13(14,15)16/h3-5H,6H2,1-2H3,(H2,17,18). The number of para-hydroxylation sites is 1. The van der Waals surface area contributed by atoms with Crippen LogP contribution in [0.15, 0.2) is 18.2 Å². The molecule has 0 saturated heterocycles. The zero-order chi connectivity index (χ0) is 14.2. The van der Waals surface area contributed by atoms with E-state index >= 15 is 0 Å². The minimum atomic E-state index is -4.52. The van der Waals surface area contributed by atoms with Crippen LogP contribution >= 0.6 is 0 Å². The van der Waals surface area contributed by atoms with E-state index in [4.69, 9.17) is 10.5 Å². The van der Waals surface area contributed by atoms with Gasteiger partial charge in [0.1, 0.15) is 5.69 Å². The number of nitrogens with two attached hydrogens (primary N) is 1. The molecule has 1 aromatic carbocycles. The van der Waals surface area contributed by atoms with E-state index in [0.29, 0.717) is 10.9 Å². The van der Waals surface area contributed by atoms with Gasteiger partial charge < -0.3 is 10.5 Å². The van der Waals surface area contributed by atoms with Gasteiger partial charge in [0.15, 0.2) is 0 Å². The highest BCUT2D eigenvalue weighted by Crippen LogP contribution is 2.36. The molecule has 102 valence electrons. The fourth-order valence-corrected chi connectivity index (χ4v) is 2.01. The molecule has 19 heavy (non-hydrogen) atoms. The molecule has 0 aliphatic heterocycles. The van der Waals surface area contributed by atoms with Crippen LogP contribution in [0.1, 0.15) is 16.8 Å². The Labute approximate surface area is 108 Å². The minimum absolute atomic E-state index is 0.0467. The molecular weight excluding hydrogens is 257 g/mol. The van der Waals surface area contributed by atoms with Crippen molar-refractivity contribution in [1.82, 2.24) is 4.98 Å². The molecule has 0 amide bonds. The lowest BCUT2D eigenvalue weighted by molar-refractivity contribution is -0.141. The van der Waals surface area contributed by atoms with Crippen molar-refractivity contribution in [2.24, 2.45) is 0 Å². The van der Waals surface area contributed by atoms with Crippen molar-refractivity contribution in [3.05, 3.63) is 35.0 Å². The van der Waals surface area contributed by atoms with Crippen molar-refractivity contribution in [3.8, 4) is 0 Å². The normalized spacial score (nSPS) is 12.1. The van der Waals surface area contributed by atoms with E-state index < -0.39 is 11.9 Å². The molecule has 3 nitrogen and oxygen atoms in total. The van der Waals surface area contributed by atoms with Crippen molar-refractivity contribution in [2.75, 3.05) is 12.8 Å². The Morgan fingerprint density at radius 2 is 2.00 bits per heavy atom. The van der Waals surface area contributed by atoms with E-state index in [9.17, 15) is 13.2 Å². The molecular formula is C13H13F3N2O. The highest BCUT2D eigenvalue weighted by Gasteiger charge is 2.35. The van der Waals surface area contributed by atoms with Crippen molar-refractivity contribution in [2.45, 2.75) is 19.7 Å². The Bertz CT molecular complexity index is 623. The summed E-state index contributed by atoms with van der Waals surface area (Å²) in [5, 5.41) is 0.514. The smallest absolute Gasteiger partial charge is 0.398 e. The van der Waals surface area contributed by atoms with E-state index in [1.807, 2.05) is 0 Å². The van der Waals surface area contributed by atoms with Crippen LogP contribution in [0, 0.1) is 6.92 Å². The van der Waals surface area contributed by atoms with Gasteiger partial charge >= 0.3 is 6.18 Å². The summed E-state index contributed by atoms with van der Waals surface area (Å²) < 4.78 is 43.7. The fraction of sp³-hybridized carbons (Fsp3) is 0.308. The monoisotopic (exact) mass is 270 g/mol. The Morgan fingerprint density at radius 3 is 2.58 bits per heavy atom. The Balaban J connectivity index is 2.82. The summed E-state index contributed by atoms with van der Waals surface area (Å²) in [5.41, 5.74) is 5.73. The maximum atomic E-state index is 12.9. The van der Waals surface area contributed by atoms with Crippen molar-refractivity contribution >= 4 is 16.6 Å². The van der Waals surface area contributed by atoms with Crippen molar-refractivity contribution in [3.63, 3.8) is 0 Å². The van der Waals surface area contributed by atoms with Gasteiger partial charge in [0.05, 0.1) is 12.1 Å². The summed E-state index contributed by atoms with van der Waals surface area (Å²) in [6.07, 6.45) is -4.52. The Morgan fingerprint density at radius 1 is 1.32 bits per heavy atom. The second kappa shape index (κ2) is 4.70. The number of fused-ring (bicyclic) bond motifs is 1. The SMILES string of the molecule is COCc1cccc2c(N)c(C)c(C(F)(F)F)nc12. The number of halogens is 3. The summed E-state index contributed by atoms with van der Waals surface area (Å²) in [6.45, 7) is 1.51. The van der Waals surface area contributed by atoms with E-state index in [-0.39, 0.29) is 23.4 Å². The molecule has 2 N–H and O–H groups in total. The van der Waals surface area contributed by atoms with Gasteiger partial charge in [0, 0.05) is 29.3 Å². The average Bonchev–Trinajstić information content (AvgIpc) is 2.33. The summed E-state index contributed by atoms with van der Waals surface area (Å²) in [7, 11) is 1.47. The third-order valence-corrected chi connectivity index (χ3v) is 2.96. The first-order valence-corrected chi connectivity index (χ1v) is 5.60. The van der Waals surface area contributed by atoms with Gasteiger partial charge in [-0.15, -0.1) is 0 Å². The first-order valence-electron chi connectivity index (χ1n) is 5.60. The van der Waals surface area contributed by atoms with Crippen molar-refractivity contribution in [1.29, 1.82) is 0 Å². The quantitative estimate of drug-likeness (QED) is 0.910. The fourth-order valence-electron chi connectivity index (χ4n) is 2.01. The van der Waals surface area contributed by atoms with Crippen LogP contribution in [0.5, 0.6) is 0 Å². The van der Waals surface area contributed by atoms with E-state index in [1.54, 1.807) is 18.2 Å². The second-order valence-electron chi connectivity index (χ2n) is 4.24. The number of anilines is 1. The number of rotatable bonds is 2. The predicted molar refractivity (Wildman–Crippen MR) is 66.6 cm³/mol. The first-order chi connectivity index (χ1) is 8.86. The van der Waals surface area contributed by atoms with Gasteiger partial charge in [-0.1, -0.05) is 18.2 Å². The molecule has 2 rings (SSSR count). The maximum Gasteiger partial charge on any atom is 0.433 e. The van der Waals surface area contributed by atoms with Crippen LogP contribution in [-0.4, -0.2) is 12.1 Å². The van der Waals surface area contributed by atoms with Crippen LogP contribution in [0.3, 0.4) is 0 Å². The highest BCUT2D eigenvalue weighted by molar-refractivity contribution is 5.94. The topological polar surface area (TPSA) is 48.1 Å². The zero-order valence-corrected chi connectivity index (χ0v) is 10.5. The van der Waals surface area contributed by atoms with Crippen LogP contribution < -0.4 is 5.73 Å². The van der Waals surface area contributed by atoms with Gasteiger partial charge in [0.2, 0.25) is 0 Å². The molecule has 0 aliphatic rings. The third-order valence-electron chi connectivity index (χ3n) is 2.96. The number of ether oxygens (including phenoxy) is 1. The summed E-state index contributed by atoms with van der Waals surface area (Å²) in [5.74, 6) is 0. The molecule has 0 radical (unpaired) electrons. The second-order valence-corrected chi connectivity index (χ2v) is 4.24. The van der Waals surface area contributed by atoms with Gasteiger partial charge in [-0.05, 0) is 6.92 Å². The molecule has 0 unspecified atom stereocenters. The van der Waals surface area contributed by atoms with Gasteiger partial charge in [-0.3, -0.25) is 0 Å². The lowest BCUT2D eigenvalue weighted by Crippen LogP contribution is -2.13. The number of nitrogen functional groups attached to an aromatic ring is 1. The Kier molecular flexibility index (Phi) is 3.36. The molecule has 0 saturated carbocycles. The predicted octanol–water partition coefficient (Wildman–Crippen LogP) is 3.29. The van der Waals surface area contributed by atoms with Crippen LogP contribution in [0.2, 0.25) is 0 Å². The summed E-state index contributed by atoms with van der Waals surface area (Å²) in [6, 6.07) is 5.05. The number of pyridine rings is 1. The van der Waals surface area contributed by atoms with E-state index in [2.05, 4.69) is 4.98 Å². The zero-order valence-electron chi connectivity index (χ0n) is 10.5. The Hall–Kier alpha value is -1.82. The molecule has 0 aliphatic carbocycles. The number of aromatic nitrogens is 1. The third kappa shape index (κ3) is 2.35. The number of nitrogens with zero attached hydrogens (tertiary/aromatic N) is 1. The molecule has 0 bridgehead atoms. The number of benzene rings is 1. The first kappa shape index (κ1) is 13.6. The van der Waals surface area contributed by atoms with E-state index in [0.717, 1.165) is 0 Å². The number of methoxy groups -OCH3 is 1. The van der Waals surface area contributed by atoms with Gasteiger partial charge in [-0.25, -0.2) is 4.98 Å². The van der Waals surface area contributed by atoms with Crippen molar-refractivity contribution < 1.29 is 17.9 Å². The van der Waals surface area contributed by atoms with Crippen LogP contribution in [0.25, 0.3) is 10.9 Å². The molecule has 6 heteroatoms. The minimum Gasteiger partial charge on any atom is -0.398 e. The lowest BCUT2D eigenvalue weighted by atomic mass is 10.0. The molecule has 1 heterocycles. The van der Waals surface area contributed by atoms with Gasteiger partial charge in [0.25, 0.3) is 0 Å². The average molecular weight is 270 g/mol. The van der Waals surface area contributed by atoms with Gasteiger partial charge in [-0.2, -0.15) is 13.2 Å². The molecule has 1 aromatic heterocycles. The summed E-state index contributed by atoms with van der Waals surface area (Å²) >= 11 is 0. The number of alkyl halides is 3. The largest absolute Gasteiger partial charge is 0.433 e. The molecule has 0 atom stereocenters. The number of hydrogen-bond donors (Lipinski definition) is 1. The molecule has 0 spiro atoms. The van der Waals surface area contributed by atoms with Crippen LogP contribution in [-0.2, 0) is 17.5 Å². The van der Waals surface area contributed by atoms with E-state index in [1.165, 1.54) is 14.0 Å².